The Morgan fingerprint density at radius 1 is 1.53 bits per heavy atom. The predicted molar refractivity (Wildman–Crippen MR) is 51.9 cm³/mol. The third-order valence-corrected chi connectivity index (χ3v) is 2.50. The molecule has 0 aliphatic carbocycles. The largest absolute Gasteiger partial charge is 0.455 e. The maximum absolute atomic E-state index is 11.3. The van der Waals surface area contributed by atoms with Crippen LogP contribution in [0.2, 0.25) is 0 Å². The van der Waals surface area contributed by atoms with Gasteiger partial charge < -0.3 is 4.74 Å². The van der Waals surface area contributed by atoms with Gasteiger partial charge in [-0.15, -0.1) is 0 Å². The smallest absolute Gasteiger partial charge is 0.317 e. The molecule has 1 fully saturated rings. The molecule has 0 bridgehead atoms. The molecule has 4 nitrogen and oxygen atoms in total. The normalized spacial score (nSPS) is 25.0. The van der Waals surface area contributed by atoms with E-state index in [2.05, 4.69) is 4.98 Å². The lowest BCUT2D eigenvalue weighted by atomic mass is 10.00. The van der Waals surface area contributed by atoms with Crippen molar-refractivity contribution in [3.05, 3.63) is 30.1 Å². The standard InChI is InChI=1S/C11H11NO3/c1-7(13)8-6-10(15-11(8)14)9-4-2-3-5-12-9/h2-5,8,10H,6H2,1H3. The highest BCUT2D eigenvalue weighted by Gasteiger charge is 2.38. The fourth-order valence-corrected chi connectivity index (χ4v) is 1.66. The molecule has 1 saturated heterocycles. The Morgan fingerprint density at radius 2 is 2.33 bits per heavy atom. The molecule has 1 aliphatic heterocycles. The van der Waals surface area contributed by atoms with Gasteiger partial charge in [0.05, 0.1) is 5.69 Å². The maximum Gasteiger partial charge on any atom is 0.317 e. The molecule has 4 heteroatoms. The predicted octanol–water partition coefficient (Wildman–Crippen LogP) is 1.27. The van der Waals surface area contributed by atoms with E-state index in [4.69, 9.17) is 4.74 Å². The van der Waals surface area contributed by atoms with Gasteiger partial charge in [-0.3, -0.25) is 14.6 Å². The summed E-state index contributed by atoms with van der Waals surface area (Å²) in [5, 5.41) is 0. The van der Waals surface area contributed by atoms with Gasteiger partial charge >= 0.3 is 5.97 Å². The molecule has 2 atom stereocenters. The molecule has 2 heterocycles. The first kappa shape index (κ1) is 9.83. The molecular formula is C11H11NO3. The van der Waals surface area contributed by atoms with E-state index >= 15 is 0 Å². The van der Waals surface area contributed by atoms with Gasteiger partial charge in [0.2, 0.25) is 0 Å². The molecule has 0 amide bonds. The zero-order valence-corrected chi connectivity index (χ0v) is 8.34. The van der Waals surface area contributed by atoms with Crippen LogP contribution in [-0.2, 0) is 14.3 Å². The Labute approximate surface area is 87.3 Å². The van der Waals surface area contributed by atoms with Gasteiger partial charge in [-0.2, -0.15) is 0 Å². The van der Waals surface area contributed by atoms with E-state index < -0.39 is 11.9 Å². The van der Waals surface area contributed by atoms with Crippen molar-refractivity contribution in [1.82, 2.24) is 4.98 Å². The molecule has 0 N–H and O–H groups in total. The van der Waals surface area contributed by atoms with E-state index in [1.165, 1.54) is 6.92 Å². The molecule has 1 aromatic rings. The van der Waals surface area contributed by atoms with E-state index in [1.807, 2.05) is 6.07 Å². The molecule has 15 heavy (non-hydrogen) atoms. The van der Waals surface area contributed by atoms with E-state index in [0.29, 0.717) is 12.1 Å². The van der Waals surface area contributed by atoms with Crippen molar-refractivity contribution in [2.75, 3.05) is 0 Å². The lowest BCUT2D eigenvalue weighted by Crippen LogP contribution is -2.15. The Balaban J connectivity index is 2.16. The number of Topliss-reactive ketones (excluding diaryl/α,β-unsaturated/α-hetero) is 1. The number of ketones is 1. The number of pyridine rings is 1. The molecule has 2 unspecified atom stereocenters. The Kier molecular flexibility index (Phi) is 2.49. The SMILES string of the molecule is CC(=O)C1CC(c2ccccn2)OC1=O. The Hall–Kier alpha value is -1.71. The number of aromatic nitrogens is 1. The molecule has 0 saturated carbocycles. The van der Waals surface area contributed by atoms with E-state index in [-0.39, 0.29) is 11.9 Å². The van der Waals surface area contributed by atoms with Crippen LogP contribution in [0, 0.1) is 5.92 Å². The summed E-state index contributed by atoms with van der Waals surface area (Å²) in [5.74, 6) is -1.19. The minimum absolute atomic E-state index is 0.140. The fourth-order valence-electron chi connectivity index (χ4n) is 1.66. The van der Waals surface area contributed by atoms with Crippen LogP contribution in [0.1, 0.15) is 25.1 Å². The third-order valence-electron chi connectivity index (χ3n) is 2.50. The molecule has 0 spiro atoms. The summed E-state index contributed by atoms with van der Waals surface area (Å²) in [7, 11) is 0. The second kappa shape index (κ2) is 3.81. The highest BCUT2D eigenvalue weighted by Crippen LogP contribution is 2.32. The van der Waals surface area contributed by atoms with Gasteiger partial charge in [-0.1, -0.05) is 6.07 Å². The van der Waals surface area contributed by atoms with Gasteiger partial charge in [0.25, 0.3) is 0 Å². The third kappa shape index (κ3) is 1.88. The molecule has 78 valence electrons. The van der Waals surface area contributed by atoms with Crippen molar-refractivity contribution in [1.29, 1.82) is 0 Å². The molecule has 1 aliphatic rings. The zero-order valence-electron chi connectivity index (χ0n) is 8.34. The summed E-state index contributed by atoms with van der Waals surface area (Å²) in [6, 6.07) is 5.42. The van der Waals surface area contributed by atoms with Crippen molar-refractivity contribution in [3.8, 4) is 0 Å². The number of ether oxygens (including phenoxy) is 1. The molecular weight excluding hydrogens is 194 g/mol. The van der Waals surface area contributed by atoms with Gasteiger partial charge in [0.1, 0.15) is 17.8 Å². The number of nitrogens with zero attached hydrogens (tertiary/aromatic N) is 1. The van der Waals surface area contributed by atoms with Crippen LogP contribution in [0.4, 0.5) is 0 Å². The van der Waals surface area contributed by atoms with Crippen LogP contribution >= 0.6 is 0 Å². The number of esters is 1. The average molecular weight is 205 g/mol. The maximum atomic E-state index is 11.3. The minimum Gasteiger partial charge on any atom is -0.455 e. The number of hydrogen-bond donors (Lipinski definition) is 0. The van der Waals surface area contributed by atoms with Crippen LogP contribution in [0.15, 0.2) is 24.4 Å². The Bertz CT molecular complexity index is 388. The Morgan fingerprint density at radius 3 is 2.87 bits per heavy atom. The lowest BCUT2D eigenvalue weighted by molar-refractivity contribution is -0.146. The molecule has 2 rings (SSSR count). The van der Waals surface area contributed by atoms with Crippen LogP contribution in [0.5, 0.6) is 0 Å². The van der Waals surface area contributed by atoms with Crippen molar-refractivity contribution < 1.29 is 14.3 Å². The molecule has 0 aromatic carbocycles. The second-order valence-electron chi connectivity index (χ2n) is 3.58. The first-order valence-corrected chi connectivity index (χ1v) is 4.80. The number of carbonyl (C=O) groups is 2. The summed E-state index contributed by atoms with van der Waals surface area (Å²) in [6.45, 7) is 1.41. The van der Waals surface area contributed by atoms with Crippen molar-refractivity contribution in [3.63, 3.8) is 0 Å². The number of carbonyl (C=O) groups excluding carboxylic acids is 2. The summed E-state index contributed by atoms with van der Waals surface area (Å²) in [6.07, 6.45) is 1.68. The average Bonchev–Trinajstić information content (AvgIpc) is 2.62. The summed E-state index contributed by atoms with van der Waals surface area (Å²) in [4.78, 5) is 26.5. The van der Waals surface area contributed by atoms with Crippen molar-refractivity contribution >= 4 is 11.8 Å². The van der Waals surface area contributed by atoms with Crippen LogP contribution < -0.4 is 0 Å². The van der Waals surface area contributed by atoms with Gasteiger partial charge in [-0.25, -0.2) is 0 Å². The highest BCUT2D eigenvalue weighted by molar-refractivity contribution is 5.98. The van der Waals surface area contributed by atoms with Crippen molar-refractivity contribution in [2.24, 2.45) is 5.92 Å². The summed E-state index contributed by atoms with van der Waals surface area (Å²) >= 11 is 0. The quantitative estimate of drug-likeness (QED) is 0.539. The van der Waals surface area contributed by atoms with Crippen LogP contribution in [0.25, 0.3) is 0 Å². The first-order chi connectivity index (χ1) is 7.18. The summed E-state index contributed by atoms with van der Waals surface area (Å²) < 4.78 is 5.10. The number of rotatable bonds is 2. The van der Waals surface area contributed by atoms with E-state index in [9.17, 15) is 9.59 Å². The van der Waals surface area contributed by atoms with Crippen LogP contribution in [-0.4, -0.2) is 16.7 Å². The van der Waals surface area contributed by atoms with Gasteiger partial charge in [0.15, 0.2) is 0 Å². The van der Waals surface area contributed by atoms with Crippen LogP contribution in [0.3, 0.4) is 0 Å². The molecule has 0 radical (unpaired) electrons. The number of cyclic esters (lactones) is 1. The number of hydrogen-bond acceptors (Lipinski definition) is 4. The van der Waals surface area contributed by atoms with E-state index in [0.717, 1.165) is 0 Å². The first-order valence-electron chi connectivity index (χ1n) is 4.80. The van der Waals surface area contributed by atoms with E-state index in [1.54, 1.807) is 18.3 Å². The highest BCUT2D eigenvalue weighted by atomic mass is 16.6. The second-order valence-corrected chi connectivity index (χ2v) is 3.58. The zero-order chi connectivity index (χ0) is 10.8. The minimum atomic E-state index is -0.614. The van der Waals surface area contributed by atoms with Crippen molar-refractivity contribution in [2.45, 2.75) is 19.4 Å². The lowest BCUT2D eigenvalue weighted by Gasteiger charge is -2.06. The topological polar surface area (TPSA) is 56.3 Å². The monoisotopic (exact) mass is 205 g/mol. The van der Waals surface area contributed by atoms with Gasteiger partial charge in [-0.05, 0) is 19.1 Å². The molecule has 1 aromatic heterocycles. The fraction of sp³-hybridized carbons (Fsp3) is 0.364. The van der Waals surface area contributed by atoms with Gasteiger partial charge in [0, 0.05) is 12.6 Å². The summed E-state index contributed by atoms with van der Waals surface area (Å²) in [5.41, 5.74) is 0.703.